The molecule has 3 aliphatic rings. The van der Waals surface area contributed by atoms with E-state index in [4.69, 9.17) is 0 Å². The largest absolute Gasteiger partial charge is 0.154 e. The molecular weight excluding hydrogens is 188 g/mol. The average molecular weight is 210 g/mol. The molecule has 0 aromatic heterocycles. The normalized spacial score (nSPS) is 52.3. The van der Waals surface area contributed by atoms with Crippen LogP contribution in [0, 0.1) is 23.7 Å². The summed E-state index contributed by atoms with van der Waals surface area (Å²) in [6.07, 6.45) is 7.60. The number of thioether (sulfide) groups is 1. The van der Waals surface area contributed by atoms with Crippen molar-refractivity contribution in [3.05, 3.63) is 0 Å². The Morgan fingerprint density at radius 2 is 2.21 bits per heavy atom. The predicted molar refractivity (Wildman–Crippen MR) is 63.6 cm³/mol. The fraction of sp³-hybridized carbons (Fsp3) is 1.00. The van der Waals surface area contributed by atoms with E-state index in [1.165, 1.54) is 18.6 Å². The summed E-state index contributed by atoms with van der Waals surface area (Å²) in [5, 5.41) is 0. The van der Waals surface area contributed by atoms with E-state index in [9.17, 15) is 0 Å². The van der Waals surface area contributed by atoms with Gasteiger partial charge in [-0.1, -0.05) is 20.3 Å². The van der Waals surface area contributed by atoms with Gasteiger partial charge in [0.15, 0.2) is 0 Å². The van der Waals surface area contributed by atoms with E-state index in [-0.39, 0.29) is 0 Å². The van der Waals surface area contributed by atoms with Crippen molar-refractivity contribution in [1.82, 2.24) is 0 Å². The molecule has 1 saturated heterocycles. The van der Waals surface area contributed by atoms with E-state index in [1.807, 2.05) is 0 Å². The molecule has 0 amide bonds. The molecule has 2 aliphatic carbocycles. The highest BCUT2D eigenvalue weighted by Gasteiger charge is 2.67. The van der Waals surface area contributed by atoms with Crippen molar-refractivity contribution >= 4 is 11.8 Å². The molecule has 80 valence electrons. The van der Waals surface area contributed by atoms with Crippen molar-refractivity contribution in [2.45, 2.75) is 50.7 Å². The summed E-state index contributed by atoms with van der Waals surface area (Å²) >= 11 is 2.36. The van der Waals surface area contributed by atoms with Crippen LogP contribution in [0.15, 0.2) is 0 Å². The Bertz CT molecular complexity index is 235. The van der Waals surface area contributed by atoms with Gasteiger partial charge in [-0.2, -0.15) is 11.8 Å². The van der Waals surface area contributed by atoms with Crippen molar-refractivity contribution in [2.75, 3.05) is 5.75 Å². The van der Waals surface area contributed by atoms with Crippen LogP contribution in [0.3, 0.4) is 0 Å². The molecule has 1 heterocycles. The second kappa shape index (κ2) is 3.17. The summed E-state index contributed by atoms with van der Waals surface area (Å²) in [5.74, 6) is 5.79. The summed E-state index contributed by atoms with van der Waals surface area (Å²) < 4.78 is 0.813. The number of rotatable bonds is 2. The molecule has 14 heavy (non-hydrogen) atoms. The van der Waals surface area contributed by atoms with Crippen LogP contribution in [-0.2, 0) is 0 Å². The fourth-order valence-corrected chi connectivity index (χ4v) is 6.41. The second-order valence-electron chi connectivity index (χ2n) is 5.70. The van der Waals surface area contributed by atoms with E-state index in [0.717, 1.165) is 28.4 Å². The van der Waals surface area contributed by atoms with Gasteiger partial charge in [0.05, 0.1) is 0 Å². The van der Waals surface area contributed by atoms with Crippen molar-refractivity contribution in [3.63, 3.8) is 0 Å². The lowest BCUT2D eigenvalue weighted by molar-refractivity contribution is -0.0842. The molecule has 0 aromatic carbocycles. The third kappa shape index (κ3) is 0.977. The van der Waals surface area contributed by atoms with Gasteiger partial charge < -0.3 is 0 Å². The fourth-order valence-electron chi connectivity index (χ4n) is 4.33. The van der Waals surface area contributed by atoms with Gasteiger partial charge >= 0.3 is 0 Å². The molecular formula is C13H22S. The maximum atomic E-state index is 2.49. The maximum absolute atomic E-state index is 2.49. The van der Waals surface area contributed by atoms with Crippen LogP contribution in [0.25, 0.3) is 0 Å². The van der Waals surface area contributed by atoms with E-state index >= 15 is 0 Å². The zero-order valence-electron chi connectivity index (χ0n) is 9.46. The second-order valence-corrected chi connectivity index (χ2v) is 7.11. The third-order valence-electron chi connectivity index (χ3n) is 5.34. The molecule has 1 spiro atoms. The standard InChI is InChI=1S/C13H22S/c1-3-9(2)12-8-11-7-10-5-4-6-14-13(10,11)12/h9-12H,3-8H2,1-2H3. The Labute approximate surface area is 92.2 Å². The minimum absolute atomic E-state index is 0.813. The van der Waals surface area contributed by atoms with Gasteiger partial charge in [0.2, 0.25) is 0 Å². The van der Waals surface area contributed by atoms with Crippen LogP contribution < -0.4 is 0 Å². The molecule has 1 heteroatoms. The molecule has 0 N–H and O–H groups in total. The molecule has 0 radical (unpaired) electrons. The van der Waals surface area contributed by atoms with Crippen molar-refractivity contribution in [2.24, 2.45) is 23.7 Å². The van der Waals surface area contributed by atoms with Gasteiger partial charge in [-0.15, -0.1) is 0 Å². The Kier molecular flexibility index (Phi) is 2.17. The third-order valence-corrected chi connectivity index (χ3v) is 7.31. The molecule has 0 bridgehead atoms. The monoisotopic (exact) mass is 210 g/mol. The topological polar surface area (TPSA) is 0 Å². The first kappa shape index (κ1) is 9.57. The van der Waals surface area contributed by atoms with E-state index in [1.54, 1.807) is 19.3 Å². The average Bonchev–Trinajstić information content (AvgIpc) is 2.23. The minimum atomic E-state index is 0.813. The Hall–Kier alpha value is 0.350. The van der Waals surface area contributed by atoms with Crippen LogP contribution in [0.1, 0.15) is 46.0 Å². The van der Waals surface area contributed by atoms with Gasteiger partial charge in [-0.25, -0.2) is 0 Å². The van der Waals surface area contributed by atoms with Gasteiger partial charge in [0, 0.05) is 4.75 Å². The van der Waals surface area contributed by atoms with E-state index < -0.39 is 0 Å². The lowest BCUT2D eigenvalue weighted by Gasteiger charge is -2.71. The first-order chi connectivity index (χ1) is 6.79. The quantitative estimate of drug-likeness (QED) is 0.665. The lowest BCUT2D eigenvalue weighted by atomic mass is 9.43. The summed E-state index contributed by atoms with van der Waals surface area (Å²) in [6, 6.07) is 0. The van der Waals surface area contributed by atoms with Crippen molar-refractivity contribution in [1.29, 1.82) is 0 Å². The number of hydrogen-bond donors (Lipinski definition) is 0. The highest BCUT2D eigenvalue weighted by Crippen LogP contribution is 2.72. The summed E-state index contributed by atoms with van der Waals surface area (Å²) in [7, 11) is 0. The SMILES string of the molecule is CCC(C)C1CC2CC3CCCSC321. The van der Waals surface area contributed by atoms with Crippen molar-refractivity contribution < 1.29 is 0 Å². The smallest absolute Gasteiger partial charge is 0.0247 e. The Morgan fingerprint density at radius 3 is 2.86 bits per heavy atom. The minimum Gasteiger partial charge on any atom is -0.154 e. The van der Waals surface area contributed by atoms with Crippen LogP contribution >= 0.6 is 11.8 Å². The van der Waals surface area contributed by atoms with Gasteiger partial charge in [-0.05, 0) is 55.1 Å². The highest BCUT2D eigenvalue weighted by atomic mass is 32.2. The number of hydrogen-bond acceptors (Lipinski definition) is 1. The molecule has 2 saturated carbocycles. The first-order valence-electron chi connectivity index (χ1n) is 6.43. The Morgan fingerprint density at radius 1 is 1.36 bits per heavy atom. The van der Waals surface area contributed by atoms with Crippen molar-refractivity contribution in [3.8, 4) is 0 Å². The van der Waals surface area contributed by atoms with Gasteiger partial charge in [0.1, 0.15) is 0 Å². The molecule has 5 atom stereocenters. The van der Waals surface area contributed by atoms with Gasteiger partial charge in [0.25, 0.3) is 0 Å². The maximum Gasteiger partial charge on any atom is 0.0247 e. The first-order valence-corrected chi connectivity index (χ1v) is 7.41. The van der Waals surface area contributed by atoms with Crippen LogP contribution in [0.4, 0.5) is 0 Å². The van der Waals surface area contributed by atoms with E-state index in [0.29, 0.717) is 0 Å². The lowest BCUT2D eigenvalue weighted by Crippen LogP contribution is -2.69. The zero-order valence-corrected chi connectivity index (χ0v) is 10.3. The molecule has 0 aromatic rings. The molecule has 3 fully saturated rings. The van der Waals surface area contributed by atoms with Crippen LogP contribution in [-0.4, -0.2) is 10.5 Å². The molecule has 0 nitrogen and oxygen atoms in total. The Balaban J connectivity index is 1.78. The predicted octanol–water partition coefficient (Wildman–Crippen LogP) is 3.95. The summed E-state index contributed by atoms with van der Waals surface area (Å²) in [6.45, 7) is 4.86. The molecule has 3 rings (SSSR count). The summed E-state index contributed by atoms with van der Waals surface area (Å²) in [4.78, 5) is 0. The molecule has 1 aliphatic heterocycles. The van der Waals surface area contributed by atoms with Gasteiger partial charge in [-0.3, -0.25) is 0 Å². The molecule has 5 unspecified atom stereocenters. The van der Waals surface area contributed by atoms with Crippen LogP contribution in [0.2, 0.25) is 0 Å². The van der Waals surface area contributed by atoms with E-state index in [2.05, 4.69) is 25.6 Å². The summed E-state index contributed by atoms with van der Waals surface area (Å²) in [5.41, 5.74) is 0. The van der Waals surface area contributed by atoms with Crippen LogP contribution in [0.5, 0.6) is 0 Å². The highest BCUT2D eigenvalue weighted by molar-refractivity contribution is 8.00. The zero-order chi connectivity index (χ0) is 9.76.